The van der Waals surface area contributed by atoms with Gasteiger partial charge in [-0.25, -0.2) is 0 Å². The van der Waals surface area contributed by atoms with Crippen molar-refractivity contribution in [2.75, 3.05) is 0 Å². The van der Waals surface area contributed by atoms with E-state index in [-0.39, 0.29) is 11.3 Å². The predicted octanol–water partition coefficient (Wildman–Crippen LogP) is 2.21. The average molecular weight is 234 g/mol. The van der Waals surface area contributed by atoms with Crippen LogP contribution in [0, 0.1) is 16.0 Å². The summed E-state index contributed by atoms with van der Waals surface area (Å²) < 4.78 is 0. The van der Waals surface area contributed by atoms with E-state index < -0.39 is 10.8 Å². The molecule has 5 heteroatoms. The lowest BCUT2D eigenvalue weighted by atomic mass is 9.94. The number of carbonyl (C=O) groups excluding carboxylic acids is 1. The lowest BCUT2D eigenvalue weighted by Gasteiger charge is -2.11. The van der Waals surface area contributed by atoms with Crippen LogP contribution in [0.15, 0.2) is 18.2 Å². The molecule has 1 unspecified atom stereocenters. The van der Waals surface area contributed by atoms with Crippen LogP contribution in [0.25, 0.3) is 0 Å². The van der Waals surface area contributed by atoms with Crippen molar-refractivity contribution < 1.29 is 9.72 Å². The minimum atomic E-state index is -0.749. The molecule has 0 radical (unpaired) electrons. The summed E-state index contributed by atoms with van der Waals surface area (Å²) in [6.07, 6.45) is 2.37. The molecule has 1 aliphatic rings. The highest BCUT2D eigenvalue weighted by atomic mass is 16.6. The van der Waals surface area contributed by atoms with E-state index in [0.717, 1.165) is 5.56 Å². The van der Waals surface area contributed by atoms with Gasteiger partial charge in [0, 0.05) is 6.07 Å². The fourth-order valence-electron chi connectivity index (χ4n) is 2.06. The smallest absolute Gasteiger partial charge is 0.282 e. The molecule has 1 aliphatic carbocycles. The molecule has 90 valence electrons. The van der Waals surface area contributed by atoms with Crippen LogP contribution in [-0.4, -0.2) is 10.8 Å². The third-order valence-electron chi connectivity index (χ3n) is 3.34. The highest BCUT2D eigenvalue weighted by molar-refractivity contribution is 5.97. The predicted molar refractivity (Wildman–Crippen MR) is 62.8 cm³/mol. The number of nitrogens with two attached hydrogens (primary N) is 1. The Balaban J connectivity index is 2.41. The Kier molecular flexibility index (Phi) is 2.83. The van der Waals surface area contributed by atoms with Gasteiger partial charge in [0.05, 0.1) is 4.92 Å². The van der Waals surface area contributed by atoms with Gasteiger partial charge in [0.25, 0.3) is 11.6 Å². The largest absolute Gasteiger partial charge is 0.365 e. The van der Waals surface area contributed by atoms with E-state index in [1.54, 1.807) is 12.1 Å². The highest BCUT2D eigenvalue weighted by Gasteiger charge is 2.30. The van der Waals surface area contributed by atoms with E-state index in [1.165, 1.54) is 18.9 Å². The first kappa shape index (κ1) is 11.6. The number of nitro groups is 1. The summed E-state index contributed by atoms with van der Waals surface area (Å²) in [4.78, 5) is 21.4. The van der Waals surface area contributed by atoms with Gasteiger partial charge in [0.2, 0.25) is 0 Å². The van der Waals surface area contributed by atoms with Crippen molar-refractivity contribution >= 4 is 11.6 Å². The summed E-state index contributed by atoms with van der Waals surface area (Å²) in [5.74, 6) is 0.215. The normalized spacial score (nSPS) is 16.5. The van der Waals surface area contributed by atoms with Crippen LogP contribution in [0.2, 0.25) is 0 Å². The summed E-state index contributed by atoms with van der Waals surface area (Å²) in [6, 6.07) is 4.64. The number of nitro benzene ring substituents is 1. The van der Waals surface area contributed by atoms with Gasteiger partial charge in [-0.3, -0.25) is 14.9 Å². The van der Waals surface area contributed by atoms with Crippen molar-refractivity contribution in [2.45, 2.75) is 25.7 Å². The molecule has 0 spiro atoms. The maximum absolute atomic E-state index is 11.2. The van der Waals surface area contributed by atoms with E-state index in [9.17, 15) is 14.9 Å². The minimum Gasteiger partial charge on any atom is -0.365 e. The van der Waals surface area contributed by atoms with E-state index >= 15 is 0 Å². The number of carbonyl (C=O) groups is 1. The summed E-state index contributed by atoms with van der Waals surface area (Å²) in [7, 11) is 0. The van der Waals surface area contributed by atoms with Gasteiger partial charge in [-0.05, 0) is 36.3 Å². The summed E-state index contributed by atoms with van der Waals surface area (Å²) in [6.45, 7) is 2.07. The van der Waals surface area contributed by atoms with Crippen LogP contribution in [0.1, 0.15) is 41.6 Å². The Morgan fingerprint density at radius 2 is 2.18 bits per heavy atom. The maximum atomic E-state index is 11.2. The Labute approximate surface area is 98.8 Å². The molecule has 0 bridgehead atoms. The molecule has 5 nitrogen and oxygen atoms in total. The number of nitrogens with zero attached hydrogens (tertiary/aromatic N) is 1. The molecule has 0 saturated heterocycles. The quantitative estimate of drug-likeness (QED) is 0.640. The highest BCUT2D eigenvalue weighted by Crippen LogP contribution is 2.42. The number of amides is 1. The number of hydrogen-bond acceptors (Lipinski definition) is 3. The Morgan fingerprint density at radius 1 is 1.53 bits per heavy atom. The molecule has 1 aromatic rings. The topological polar surface area (TPSA) is 86.2 Å². The molecule has 1 amide bonds. The van der Waals surface area contributed by atoms with Crippen LogP contribution in [0.4, 0.5) is 5.69 Å². The second-order valence-electron chi connectivity index (χ2n) is 4.52. The number of rotatable bonds is 4. The minimum absolute atomic E-state index is 0.000000000000000222. The van der Waals surface area contributed by atoms with Crippen molar-refractivity contribution in [1.82, 2.24) is 0 Å². The molecular weight excluding hydrogens is 220 g/mol. The van der Waals surface area contributed by atoms with Crippen molar-refractivity contribution in [1.29, 1.82) is 0 Å². The standard InChI is InChI=1S/C12H14N2O3/c1-7(8-2-3-8)9-4-5-11(14(16)17)10(6-9)12(13)15/h4-8H,2-3H2,1H3,(H2,13,15). The van der Waals surface area contributed by atoms with Crippen LogP contribution >= 0.6 is 0 Å². The first-order valence-corrected chi connectivity index (χ1v) is 5.59. The van der Waals surface area contributed by atoms with Gasteiger partial charge >= 0.3 is 0 Å². The molecular formula is C12H14N2O3. The second-order valence-corrected chi connectivity index (χ2v) is 4.52. The second kappa shape index (κ2) is 4.16. The van der Waals surface area contributed by atoms with Gasteiger partial charge in [0.1, 0.15) is 5.56 Å². The molecule has 1 saturated carbocycles. The first-order valence-electron chi connectivity index (χ1n) is 5.59. The van der Waals surface area contributed by atoms with Crippen LogP contribution in [-0.2, 0) is 0 Å². The van der Waals surface area contributed by atoms with Gasteiger partial charge < -0.3 is 5.73 Å². The molecule has 2 N–H and O–H groups in total. The van der Waals surface area contributed by atoms with Crippen molar-refractivity contribution in [3.05, 3.63) is 39.4 Å². The van der Waals surface area contributed by atoms with Gasteiger partial charge in [-0.2, -0.15) is 0 Å². The van der Waals surface area contributed by atoms with Crippen molar-refractivity contribution in [3.63, 3.8) is 0 Å². The lowest BCUT2D eigenvalue weighted by molar-refractivity contribution is -0.385. The fourth-order valence-corrected chi connectivity index (χ4v) is 2.06. The molecule has 2 rings (SSSR count). The lowest BCUT2D eigenvalue weighted by Crippen LogP contribution is -2.14. The fraction of sp³-hybridized carbons (Fsp3) is 0.417. The SMILES string of the molecule is CC(c1ccc([N+](=O)[O-])c(C(N)=O)c1)C1CC1. The van der Waals surface area contributed by atoms with Crippen molar-refractivity contribution in [3.8, 4) is 0 Å². The number of primary amides is 1. The van der Waals surface area contributed by atoms with E-state index in [0.29, 0.717) is 11.8 Å². The molecule has 0 aliphatic heterocycles. The number of hydrogen-bond donors (Lipinski definition) is 1. The molecule has 17 heavy (non-hydrogen) atoms. The van der Waals surface area contributed by atoms with E-state index in [1.807, 2.05) is 0 Å². The summed E-state index contributed by atoms with van der Waals surface area (Å²) >= 11 is 0. The Hall–Kier alpha value is -1.91. The molecule has 1 fully saturated rings. The van der Waals surface area contributed by atoms with E-state index in [2.05, 4.69) is 6.92 Å². The molecule has 0 aromatic heterocycles. The summed E-state index contributed by atoms with van der Waals surface area (Å²) in [5.41, 5.74) is 5.90. The third-order valence-corrected chi connectivity index (χ3v) is 3.34. The third kappa shape index (κ3) is 2.27. The zero-order valence-electron chi connectivity index (χ0n) is 9.55. The van der Waals surface area contributed by atoms with Gasteiger partial charge in [-0.15, -0.1) is 0 Å². The van der Waals surface area contributed by atoms with Gasteiger partial charge in [-0.1, -0.05) is 13.0 Å². The zero-order valence-corrected chi connectivity index (χ0v) is 9.55. The number of benzene rings is 1. The van der Waals surface area contributed by atoms with Crippen LogP contribution < -0.4 is 5.73 Å². The zero-order chi connectivity index (χ0) is 12.6. The maximum Gasteiger partial charge on any atom is 0.282 e. The molecule has 0 heterocycles. The van der Waals surface area contributed by atoms with Crippen LogP contribution in [0.3, 0.4) is 0 Å². The molecule has 1 atom stereocenters. The van der Waals surface area contributed by atoms with Crippen molar-refractivity contribution in [2.24, 2.45) is 11.7 Å². The first-order chi connectivity index (χ1) is 8.00. The monoisotopic (exact) mass is 234 g/mol. The van der Waals surface area contributed by atoms with E-state index in [4.69, 9.17) is 5.73 Å². The Morgan fingerprint density at radius 3 is 2.65 bits per heavy atom. The average Bonchev–Trinajstić information content (AvgIpc) is 3.10. The summed E-state index contributed by atoms with van der Waals surface area (Å²) in [5, 5.41) is 10.8. The molecule has 1 aromatic carbocycles. The Bertz CT molecular complexity index is 481. The van der Waals surface area contributed by atoms with Gasteiger partial charge in [0.15, 0.2) is 0 Å². The van der Waals surface area contributed by atoms with Crippen LogP contribution in [0.5, 0.6) is 0 Å².